The minimum absolute atomic E-state index is 0.421. The standard InChI is InChI=1S/C29H57NO/c1-4-7-10-13-16-18-21-24-27-30(28-25-22-19-17-14-11-8-5-2)29(31)26-23-20-15-12-9-6-3/h4H,1,5-28H2,2-3H3. The first-order valence-corrected chi connectivity index (χ1v) is 14.1. The Morgan fingerprint density at radius 2 is 0.968 bits per heavy atom. The maximum Gasteiger partial charge on any atom is 0.222 e. The van der Waals surface area contributed by atoms with Crippen LogP contribution in [0.4, 0.5) is 0 Å². The zero-order valence-corrected chi connectivity index (χ0v) is 21.6. The minimum atomic E-state index is 0.421. The smallest absolute Gasteiger partial charge is 0.222 e. The van der Waals surface area contributed by atoms with E-state index in [1.54, 1.807) is 0 Å². The molecule has 2 nitrogen and oxygen atoms in total. The van der Waals surface area contributed by atoms with Crippen molar-refractivity contribution in [3.05, 3.63) is 12.7 Å². The van der Waals surface area contributed by atoms with Gasteiger partial charge in [0.1, 0.15) is 0 Å². The van der Waals surface area contributed by atoms with Crippen molar-refractivity contribution in [2.45, 2.75) is 155 Å². The van der Waals surface area contributed by atoms with Crippen LogP contribution in [-0.4, -0.2) is 23.9 Å². The molecule has 184 valence electrons. The van der Waals surface area contributed by atoms with E-state index in [1.807, 2.05) is 6.08 Å². The molecule has 0 atom stereocenters. The predicted molar refractivity (Wildman–Crippen MR) is 140 cm³/mol. The average molecular weight is 436 g/mol. The highest BCUT2D eigenvalue weighted by Gasteiger charge is 2.12. The lowest BCUT2D eigenvalue weighted by atomic mass is 10.1. The van der Waals surface area contributed by atoms with E-state index >= 15 is 0 Å². The summed E-state index contributed by atoms with van der Waals surface area (Å²) in [5, 5.41) is 0. The minimum Gasteiger partial charge on any atom is -0.343 e. The Bertz CT molecular complexity index is 379. The zero-order valence-electron chi connectivity index (χ0n) is 21.6. The Labute approximate surface area is 196 Å². The van der Waals surface area contributed by atoms with Crippen molar-refractivity contribution in [3.63, 3.8) is 0 Å². The Morgan fingerprint density at radius 1 is 0.581 bits per heavy atom. The van der Waals surface area contributed by atoms with E-state index in [-0.39, 0.29) is 0 Å². The topological polar surface area (TPSA) is 20.3 Å². The van der Waals surface area contributed by atoms with Crippen LogP contribution in [-0.2, 0) is 4.79 Å². The van der Waals surface area contributed by atoms with Crippen LogP contribution in [0.3, 0.4) is 0 Å². The van der Waals surface area contributed by atoms with Gasteiger partial charge in [0.25, 0.3) is 0 Å². The molecule has 31 heavy (non-hydrogen) atoms. The Kier molecular flexibility index (Phi) is 24.8. The molecule has 0 aliphatic carbocycles. The van der Waals surface area contributed by atoms with Crippen LogP contribution in [0.5, 0.6) is 0 Å². The van der Waals surface area contributed by atoms with Crippen LogP contribution in [0.2, 0.25) is 0 Å². The summed E-state index contributed by atoms with van der Waals surface area (Å²) >= 11 is 0. The van der Waals surface area contributed by atoms with Gasteiger partial charge in [0, 0.05) is 19.5 Å². The van der Waals surface area contributed by atoms with E-state index in [0.717, 1.165) is 32.4 Å². The maximum absolute atomic E-state index is 12.8. The first-order valence-electron chi connectivity index (χ1n) is 14.1. The van der Waals surface area contributed by atoms with Crippen molar-refractivity contribution < 1.29 is 4.79 Å². The number of nitrogens with zero attached hydrogens (tertiary/aromatic N) is 1. The van der Waals surface area contributed by atoms with Crippen LogP contribution >= 0.6 is 0 Å². The molecule has 0 heterocycles. The molecule has 0 N–H and O–H groups in total. The fraction of sp³-hybridized carbons (Fsp3) is 0.897. The monoisotopic (exact) mass is 435 g/mol. The molecule has 0 rings (SSSR count). The number of carbonyl (C=O) groups is 1. The number of allylic oxidation sites excluding steroid dienone is 1. The largest absolute Gasteiger partial charge is 0.343 e. The number of carbonyl (C=O) groups excluding carboxylic acids is 1. The molecule has 0 unspecified atom stereocenters. The molecule has 0 saturated carbocycles. The van der Waals surface area contributed by atoms with Crippen molar-refractivity contribution in [2.75, 3.05) is 13.1 Å². The maximum atomic E-state index is 12.8. The predicted octanol–water partition coefficient (Wildman–Crippen LogP) is 9.62. The third kappa shape index (κ3) is 22.2. The molecule has 0 aromatic rings. The van der Waals surface area contributed by atoms with Gasteiger partial charge in [-0.2, -0.15) is 0 Å². The van der Waals surface area contributed by atoms with Crippen molar-refractivity contribution in [1.82, 2.24) is 4.90 Å². The molecular formula is C29H57NO. The fourth-order valence-corrected chi connectivity index (χ4v) is 4.31. The lowest BCUT2D eigenvalue weighted by Crippen LogP contribution is -2.32. The van der Waals surface area contributed by atoms with Crippen LogP contribution in [0, 0.1) is 0 Å². The molecule has 0 saturated heterocycles. The normalized spacial score (nSPS) is 11.0. The summed E-state index contributed by atoms with van der Waals surface area (Å²) in [6, 6.07) is 0. The zero-order chi connectivity index (χ0) is 22.8. The first kappa shape index (κ1) is 30.2. The van der Waals surface area contributed by atoms with Gasteiger partial charge in [0.15, 0.2) is 0 Å². The number of unbranched alkanes of at least 4 members (excludes halogenated alkanes) is 18. The Hall–Kier alpha value is -0.790. The molecule has 0 radical (unpaired) electrons. The highest BCUT2D eigenvalue weighted by molar-refractivity contribution is 5.76. The fourth-order valence-electron chi connectivity index (χ4n) is 4.31. The molecular weight excluding hydrogens is 378 g/mol. The van der Waals surface area contributed by atoms with E-state index in [0.29, 0.717) is 5.91 Å². The van der Waals surface area contributed by atoms with Gasteiger partial charge >= 0.3 is 0 Å². The van der Waals surface area contributed by atoms with Crippen LogP contribution in [0.1, 0.15) is 155 Å². The third-order valence-electron chi connectivity index (χ3n) is 6.46. The summed E-state index contributed by atoms with van der Waals surface area (Å²) in [5.74, 6) is 0.421. The van der Waals surface area contributed by atoms with Gasteiger partial charge in [0.05, 0.1) is 0 Å². The molecule has 0 aliphatic heterocycles. The first-order chi connectivity index (χ1) is 15.3. The molecule has 0 aliphatic rings. The molecule has 0 aromatic heterocycles. The van der Waals surface area contributed by atoms with E-state index in [2.05, 4.69) is 25.3 Å². The highest BCUT2D eigenvalue weighted by Crippen LogP contribution is 2.13. The Balaban J connectivity index is 4.04. The van der Waals surface area contributed by atoms with E-state index < -0.39 is 0 Å². The summed E-state index contributed by atoms with van der Waals surface area (Å²) in [5.41, 5.74) is 0. The number of rotatable bonds is 25. The number of hydrogen-bond donors (Lipinski definition) is 0. The number of hydrogen-bond acceptors (Lipinski definition) is 1. The summed E-state index contributed by atoms with van der Waals surface area (Å²) in [4.78, 5) is 15.0. The van der Waals surface area contributed by atoms with Gasteiger partial charge in [0.2, 0.25) is 5.91 Å². The van der Waals surface area contributed by atoms with E-state index in [4.69, 9.17) is 0 Å². The SMILES string of the molecule is C=CCCCCCCCCN(CCCCCCCCCC)C(=O)CCCCCCCC. The summed E-state index contributed by atoms with van der Waals surface area (Å²) in [6.07, 6.45) is 29.9. The highest BCUT2D eigenvalue weighted by atomic mass is 16.2. The van der Waals surface area contributed by atoms with Gasteiger partial charge in [-0.05, 0) is 32.1 Å². The number of amides is 1. The average Bonchev–Trinajstić information content (AvgIpc) is 2.78. The van der Waals surface area contributed by atoms with Crippen molar-refractivity contribution in [2.24, 2.45) is 0 Å². The molecule has 0 fully saturated rings. The second kappa shape index (κ2) is 25.5. The lowest BCUT2D eigenvalue weighted by Gasteiger charge is -2.23. The molecule has 0 aromatic carbocycles. The van der Waals surface area contributed by atoms with Crippen LogP contribution < -0.4 is 0 Å². The molecule has 0 bridgehead atoms. The summed E-state index contributed by atoms with van der Waals surface area (Å²) in [7, 11) is 0. The van der Waals surface area contributed by atoms with Crippen molar-refractivity contribution in [3.8, 4) is 0 Å². The van der Waals surface area contributed by atoms with Gasteiger partial charge in [-0.1, -0.05) is 123 Å². The van der Waals surface area contributed by atoms with Crippen molar-refractivity contribution in [1.29, 1.82) is 0 Å². The quantitative estimate of drug-likeness (QED) is 0.103. The Morgan fingerprint density at radius 3 is 1.42 bits per heavy atom. The van der Waals surface area contributed by atoms with Gasteiger partial charge < -0.3 is 4.90 Å². The van der Waals surface area contributed by atoms with Crippen molar-refractivity contribution >= 4 is 5.91 Å². The molecule has 2 heteroatoms. The third-order valence-corrected chi connectivity index (χ3v) is 6.46. The molecule has 0 spiro atoms. The van der Waals surface area contributed by atoms with E-state index in [1.165, 1.54) is 122 Å². The second-order valence-electron chi connectivity index (χ2n) is 9.57. The lowest BCUT2D eigenvalue weighted by molar-refractivity contribution is -0.131. The second-order valence-corrected chi connectivity index (χ2v) is 9.57. The van der Waals surface area contributed by atoms with Crippen LogP contribution in [0.15, 0.2) is 12.7 Å². The van der Waals surface area contributed by atoms with Crippen LogP contribution in [0.25, 0.3) is 0 Å². The van der Waals surface area contributed by atoms with Gasteiger partial charge in [-0.25, -0.2) is 0 Å². The summed E-state index contributed by atoms with van der Waals surface area (Å²) in [6.45, 7) is 10.3. The van der Waals surface area contributed by atoms with E-state index in [9.17, 15) is 4.79 Å². The molecule has 1 amide bonds. The van der Waals surface area contributed by atoms with Gasteiger partial charge in [-0.15, -0.1) is 6.58 Å². The van der Waals surface area contributed by atoms with Gasteiger partial charge in [-0.3, -0.25) is 4.79 Å². The summed E-state index contributed by atoms with van der Waals surface area (Å²) < 4.78 is 0.